The lowest BCUT2D eigenvalue weighted by Gasteiger charge is -2.25. The molecule has 0 aromatic carbocycles. The van der Waals surface area contributed by atoms with Gasteiger partial charge in [0.05, 0.1) is 238 Å². The lowest BCUT2D eigenvalue weighted by Crippen LogP contribution is -2.30. The lowest BCUT2D eigenvalue weighted by molar-refractivity contribution is -0.0363. The van der Waals surface area contributed by atoms with Gasteiger partial charge in [0, 0.05) is 6.66 Å². The van der Waals surface area contributed by atoms with Gasteiger partial charge in [-0.05, 0) is 0 Å². The fraction of sp³-hybridized carbons (Fsp3) is 1.00. The normalized spacial score (nSPS) is 17.7. The maximum Gasteiger partial charge on any atom is 0.473 e. The minimum absolute atomic E-state index is 0.0137. The highest BCUT2D eigenvalue weighted by atomic mass is 33.1. The topological polar surface area (TPSA) is 621 Å². The first-order valence-corrected chi connectivity index (χ1v) is 42.7. The molecule has 0 aromatic heterocycles. The molecule has 0 rings (SSSR count). The van der Waals surface area contributed by atoms with E-state index in [0.29, 0.717) is 0 Å². The van der Waals surface area contributed by atoms with Crippen molar-refractivity contribution in [2.24, 2.45) is 17.2 Å². The van der Waals surface area contributed by atoms with E-state index in [0.717, 1.165) is 33.8 Å². The summed E-state index contributed by atoms with van der Waals surface area (Å²) in [5.74, 6) is -0.330. The predicted octanol–water partition coefficient (Wildman–Crippen LogP) is -0.205. The molecule has 0 radical (unpaired) electrons. The Morgan fingerprint density at radius 3 is 0.808 bits per heavy atom. The van der Waals surface area contributed by atoms with Gasteiger partial charge in [-0.2, -0.15) is 0 Å². The Morgan fingerprint density at radius 2 is 0.545 bits per heavy atom. The Hall–Kier alpha value is 0.680. The van der Waals surface area contributed by atoms with Crippen molar-refractivity contribution >= 4 is 76.1 Å². The van der Waals surface area contributed by atoms with Crippen molar-refractivity contribution in [3.05, 3.63) is 0 Å². The molecule has 0 aromatic rings. The number of nitrogens with two attached hydrogens (primary N) is 3. The van der Waals surface area contributed by atoms with Crippen LogP contribution in [0, 0.1) is 0 Å². The third-order valence-corrected chi connectivity index (χ3v) is 18.5. The largest absolute Gasteiger partial charge is 0.473 e. The lowest BCUT2D eigenvalue weighted by atomic mass is 10.4. The number of rotatable bonds is 78. The summed E-state index contributed by atoms with van der Waals surface area (Å²) in [4.78, 5) is 70.8. The maximum absolute atomic E-state index is 13.2. The van der Waals surface area contributed by atoms with Gasteiger partial charge >= 0.3 is 54.5 Å². The molecule has 11 unspecified atom stereocenters. The number of hydrogen-bond acceptors (Lipinski definition) is 41. The molecular formula is C43H98FN4O42P7S2. The Balaban J connectivity index is 4.91. The van der Waals surface area contributed by atoms with Crippen molar-refractivity contribution in [3.8, 4) is 0 Å². The van der Waals surface area contributed by atoms with Crippen LogP contribution in [0.2, 0.25) is 0 Å². The van der Waals surface area contributed by atoms with Crippen LogP contribution in [0.1, 0.15) is 0 Å². The third-order valence-electron chi connectivity index (χ3n) is 9.93. The molecule has 46 nitrogen and oxygen atoms in total. The molecule has 56 heteroatoms. The number of ether oxygens (including phenoxy) is 14. The number of phosphoric acid groups is 6. The van der Waals surface area contributed by atoms with E-state index in [1.807, 2.05) is 0 Å². The van der Waals surface area contributed by atoms with Crippen molar-refractivity contribution in [2.45, 2.75) is 24.4 Å². The van der Waals surface area contributed by atoms with Crippen molar-refractivity contribution in [2.75, 3.05) is 257 Å². The van der Waals surface area contributed by atoms with E-state index in [1.54, 1.807) is 0 Å². The van der Waals surface area contributed by atoms with Gasteiger partial charge in [0.15, 0.2) is 0 Å². The number of halogens is 1. The van der Waals surface area contributed by atoms with Crippen LogP contribution < -0.4 is 22.7 Å². The molecule has 0 fully saturated rings. The number of nitrogens with one attached hydrogen (secondary N) is 1. The van der Waals surface area contributed by atoms with E-state index in [9.17, 15) is 65.8 Å². The van der Waals surface area contributed by atoms with Crippen LogP contribution in [-0.2, 0) is 157 Å². The molecular weight excluding hydrogens is 1540 g/mol. The Kier molecular flexibility index (Phi) is 63.0. The average molecular weight is 1640 g/mol. The van der Waals surface area contributed by atoms with Gasteiger partial charge in [0.25, 0.3) is 0 Å². The monoisotopic (exact) mass is 1640 g/mol. The molecule has 99 heavy (non-hydrogen) atoms. The summed E-state index contributed by atoms with van der Waals surface area (Å²) in [6.45, 7) is -6.69. The Bertz CT molecular complexity index is 2290. The second kappa shape index (κ2) is 62.6. The highest BCUT2D eigenvalue weighted by Gasteiger charge is 2.37. The molecule has 0 bridgehead atoms. The van der Waals surface area contributed by atoms with Gasteiger partial charge in [-0.1, -0.05) is 21.6 Å². The molecule has 11 atom stereocenters. The van der Waals surface area contributed by atoms with Crippen LogP contribution in [0.3, 0.4) is 0 Å². The van der Waals surface area contributed by atoms with Crippen molar-refractivity contribution in [1.29, 1.82) is 0 Å². The first-order valence-electron chi connectivity index (χ1n) is 29.2. The van der Waals surface area contributed by atoms with Gasteiger partial charge in [0.2, 0.25) is 0 Å². The first-order chi connectivity index (χ1) is 47.0. The van der Waals surface area contributed by atoms with Crippen LogP contribution in [-0.4, -0.2) is 321 Å². The van der Waals surface area contributed by atoms with E-state index >= 15 is 0 Å². The van der Waals surface area contributed by atoms with Gasteiger partial charge in [-0.3, -0.25) is 58.9 Å². The second-order valence-electron chi connectivity index (χ2n) is 18.0. The summed E-state index contributed by atoms with van der Waals surface area (Å²) in [6, 6.07) is 0. The molecule has 0 aliphatic rings. The Morgan fingerprint density at radius 1 is 0.313 bits per heavy atom. The predicted molar refractivity (Wildman–Crippen MR) is 338 cm³/mol. The number of phosphoric ester groups is 6. The molecule has 0 spiro atoms. The van der Waals surface area contributed by atoms with Gasteiger partial charge in [-0.25, -0.2) is 27.4 Å². The number of aliphatic hydroxyl groups is 1. The minimum Gasteiger partial charge on any atom is -0.385 e. The van der Waals surface area contributed by atoms with Gasteiger partial charge < -0.3 is 127 Å². The molecule has 15 N–H and O–H groups in total. The van der Waals surface area contributed by atoms with Crippen molar-refractivity contribution in [1.82, 2.24) is 5.54 Å². The van der Waals surface area contributed by atoms with Crippen molar-refractivity contribution < 1.29 is 201 Å². The van der Waals surface area contributed by atoms with Gasteiger partial charge in [-0.15, -0.1) is 10.0 Å². The summed E-state index contributed by atoms with van der Waals surface area (Å²) in [6.07, 6.45) is -6.99. The first kappa shape index (κ1) is 99.7. The van der Waals surface area contributed by atoms with Gasteiger partial charge in [0.1, 0.15) is 37.1 Å². The summed E-state index contributed by atoms with van der Waals surface area (Å²) < 4.78 is 237. The molecule has 0 saturated heterocycles. The Labute approximate surface area is 579 Å². The summed E-state index contributed by atoms with van der Waals surface area (Å²) in [5, 5.41) is 8.66. The smallest absolute Gasteiger partial charge is 0.385 e. The third kappa shape index (κ3) is 67.8. The second-order valence-corrected chi connectivity index (χ2v) is 30.8. The van der Waals surface area contributed by atoms with Crippen LogP contribution in [0.25, 0.3) is 0 Å². The summed E-state index contributed by atoms with van der Waals surface area (Å²) in [7, 11) is -31.6. The van der Waals surface area contributed by atoms with Crippen LogP contribution in [0.15, 0.2) is 0 Å². The maximum atomic E-state index is 13.2. The minimum atomic E-state index is -5.38. The van der Waals surface area contributed by atoms with E-state index in [-0.39, 0.29) is 157 Å². The standard InChI is InChI=1S/C43H98FN4O42P7S2/c1-91(50,51)78-22-18-70-14-10-66-6-2-64-5-9-69-13-17-73-21-25-81-94(56,57)87-40(26-74-34-45)31-83-95(58,59)88-41(27-75-35-46)32-84-96(60,61)89-42(28-76-36-47)33-85-97(62,63)90-43(29-77-37-48-44)30-82-92(52,53)79-23-19-71-15-11-67-7-3-65-4-8-68-12-16-72-20-24-80-93(54,55)86-39-99-98-38-49/h40-43,48-49H,2-39,45-47H2,1H3,(H,50,51)(H,52,53)(H,54,55)(H,56,57)(H,58,59)(H,60,61)(H,62,63). The number of hydrogen-bond donors (Lipinski definition) is 12. The quantitative estimate of drug-likeness (QED) is 0.0123. The highest BCUT2D eigenvalue weighted by Crippen LogP contribution is 2.51. The van der Waals surface area contributed by atoms with Crippen LogP contribution in [0.5, 0.6) is 0 Å². The molecule has 0 saturated carbocycles. The van der Waals surface area contributed by atoms with E-state index in [1.165, 1.54) is 0 Å². The fourth-order valence-corrected chi connectivity index (χ4v) is 12.7. The fourth-order valence-electron chi connectivity index (χ4n) is 5.95. The molecule has 0 amide bonds. The number of aliphatic hydroxyl groups excluding tert-OH is 1. The molecule has 0 aliphatic heterocycles. The zero-order chi connectivity index (χ0) is 73.9. The van der Waals surface area contributed by atoms with Crippen LogP contribution in [0.4, 0.5) is 4.48 Å². The zero-order valence-corrected chi connectivity index (χ0v) is 62.1. The van der Waals surface area contributed by atoms with E-state index in [2.05, 4.69) is 9.05 Å². The van der Waals surface area contributed by atoms with Crippen molar-refractivity contribution in [3.63, 3.8) is 0 Å². The summed E-state index contributed by atoms with van der Waals surface area (Å²) >= 11 is 0. The SMILES string of the molecule is CP(=O)(O)OCCOCCOCCOCCOCCOCCOP(=O)(O)OC(COCN)COP(=O)(O)OC(COCN)COP(=O)(O)OC(COCN)COP(=O)(O)OC(COCNF)COP(=O)(O)OCCOCCOCCOCCOCCOCCOP(=O)(O)OCSSCO. The van der Waals surface area contributed by atoms with E-state index in [4.69, 9.17) is 143 Å². The molecule has 0 aliphatic carbocycles. The average Bonchev–Trinajstić information content (AvgIpc) is 0.878. The van der Waals surface area contributed by atoms with Crippen LogP contribution >= 0.6 is 76.1 Å². The highest BCUT2D eigenvalue weighted by molar-refractivity contribution is 8.76. The zero-order valence-electron chi connectivity index (χ0n) is 54.2. The summed E-state index contributed by atoms with van der Waals surface area (Å²) in [5.41, 5.74) is 17.2. The molecule has 596 valence electrons. The molecule has 0 heterocycles. The van der Waals surface area contributed by atoms with E-state index < -0.39 is 172 Å².